The maximum atomic E-state index is 11.0. The highest BCUT2D eigenvalue weighted by Crippen LogP contribution is 2.32. The zero-order valence-corrected chi connectivity index (χ0v) is 9.24. The number of carbonyl (C=O) groups excluding carboxylic acids is 1. The maximum absolute atomic E-state index is 11.0. The Morgan fingerprint density at radius 3 is 2.62 bits per heavy atom. The maximum Gasteiger partial charge on any atom is 0.221 e. The molecule has 3 nitrogen and oxygen atoms in total. The Hall–Kier alpha value is -2.03. The van der Waals surface area contributed by atoms with Crippen LogP contribution in [-0.2, 0) is 4.79 Å². The summed E-state index contributed by atoms with van der Waals surface area (Å²) in [4.78, 5) is 11.0. The van der Waals surface area contributed by atoms with Crippen LogP contribution in [0.1, 0.15) is 12.5 Å². The third-order valence-electron chi connectivity index (χ3n) is 2.55. The third kappa shape index (κ3) is 1.72. The summed E-state index contributed by atoms with van der Waals surface area (Å²) in [5, 5.41) is 14.3. The number of rotatable bonds is 1. The third-order valence-corrected chi connectivity index (χ3v) is 2.55. The molecule has 0 unspecified atom stereocenters. The molecule has 0 fully saturated rings. The number of anilines is 1. The molecule has 82 valence electrons. The molecule has 0 bridgehead atoms. The van der Waals surface area contributed by atoms with Crippen LogP contribution >= 0.6 is 0 Å². The summed E-state index contributed by atoms with van der Waals surface area (Å²) in [6, 6.07) is 9.20. The lowest BCUT2D eigenvalue weighted by Crippen LogP contribution is -2.05. The van der Waals surface area contributed by atoms with Gasteiger partial charge in [-0.1, -0.05) is 24.3 Å². The first-order valence-electron chi connectivity index (χ1n) is 5.08. The van der Waals surface area contributed by atoms with E-state index in [4.69, 9.17) is 0 Å². The second-order valence-electron chi connectivity index (χ2n) is 3.81. The van der Waals surface area contributed by atoms with Crippen molar-refractivity contribution in [3.63, 3.8) is 0 Å². The van der Waals surface area contributed by atoms with E-state index in [0.717, 1.165) is 22.0 Å². The van der Waals surface area contributed by atoms with Crippen LogP contribution in [0.25, 0.3) is 10.8 Å². The fraction of sp³-hybridized carbons (Fsp3) is 0.154. The van der Waals surface area contributed by atoms with Crippen molar-refractivity contribution in [3.05, 3.63) is 35.9 Å². The predicted octanol–water partition coefficient (Wildman–Crippen LogP) is 2.81. The highest BCUT2D eigenvalue weighted by molar-refractivity contribution is 6.03. The van der Waals surface area contributed by atoms with Crippen molar-refractivity contribution in [3.8, 4) is 5.75 Å². The highest BCUT2D eigenvalue weighted by Gasteiger charge is 2.06. The minimum absolute atomic E-state index is 0.118. The predicted molar refractivity (Wildman–Crippen MR) is 64.7 cm³/mol. The second-order valence-corrected chi connectivity index (χ2v) is 3.81. The number of hydrogen-bond donors (Lipinski definition) is 2. The van der Waals surface area contributed by atoms with Crippen molar-refractivity contribution >= 4 is 22.4 Å². The Kier molecular flexibility index (Phi) is 2.52. The molecule has 2 rings (SSSR count). The molecule has 3 heteroatoms. The average Bonchev–Trinajstić information content (AvgIpc) is 2.23. The van der Waals surface area contributed by atoms with Crippen LogP contribution in [-0.4, -0.2) is 11.0 Å². The van der Waals surface area contributed by atoms with E-state index in [1.165, 1.54) is 6.92 Å². The number of phenols is 1. The zero-order chi connectivity index (χ0) is 11.7. The number of aromatic hydroxyl groups is 1. The van der Waals surface area contributed by atoms with Gasteiger partial charge in [0, 0.05) is 23.4 Å². The van der Waals surface area contributed by atoms with Crippen molar-refractivity contribution in [2.75, 3.05) is 5.32 Å². The average molecular weight is 215 g/mol. The molecular formula is C13H13NO2. The first-order chi connectivity index (χ1) is 7.59. The van der Waals surface area contributed by atoms with Gasteiger partial charge in [-0.3, -0.25) is 4.79 Å². The summed E-state index contributed by atoms with van der Waals surface area (Å²) in [7, 11) is 0. The molecule has 1 amide bonds. The van der Waals surface area contributed by atoms with Crippen molar-refractivity contribution in [1.29, 1.82) is 0 Å². The van der Waals surface area contributed by atoms with Gasteiger partial charge in [0.1, 0.15) is 5.75 Å². The van der Waals surface area contributed by atoms with Gasteiger partial charge in [-0.25, -0.2) is 0 Å². The van der Waals surface area contributed by atoms with E-state index in [1.807, 2.05) is 37.3 Å². The molecule has 0 aromatic heterocycles. The van der Waals surface area contributed by atoms with Gasteiger partial charge in [0.25, 0.3) is 0 Å². The zero-order valence-electron chi connectivity index (χ0n) is 9.24. The number of benzene rings is 2. The molecule has 0 radical (unpaired) electrons. The summed E-state index contributed by atoms with van der Waals surface area (Å²) in [6.45, 7) is 3.31. The number of fused-ring (bicyclic) bond motifs is 1. The van der Waals surface area contributed by atoms with Gasteiger partial charge in [0.2, 0.25) is 5.91 Å². The number of aryl methyl sites for hydroxylation is 1. The molecule has 0 atom stereocenters. The molecule has 0 heterocycles. The van der Waals surface area contributed by atoms with E-state index < -0.39 is 0 Å². The van der Waals surface area contributed by atoms with Crippen molar-refractivity contribution in [2.24, 2.45) is 0 Å². The molecule has 0 spiro atoms. The second kappa shape index (κ2) is 3.85. The quantitative estimate of drug-likeness (QED) is 0.768. The highest BCUT2D eigenvalue weighted by atomic mass is 16.3. The van der Waals surface area contributed by atoms with Gasteiger partial charge in [-0.2, -0.15) is 0 Å². The summed E-state index contributed by atoms with van der Waals surface area (Å²) in [5.41, 5.74) is 1.55. The standard InChI is InChI=1S/C13H13NO2/c1-8-6-7-10-11(13(8)16)4-3-5-12(10)14-9(2)15/h3-7,16H,1-2H3,(H,14,15). The lowest BCUT2D eigenvalue weighted by Gasteiger charge is -2.09. The molecule has 16 heavy (non-hydrogen) atoms. The summed E-state index contributed by atoms with van der Waals surface area (Å²) >= 11 is 0. The Morgan fingerprint density at radius 2 is 1.94 bits per heavy atom. The summed E-state index contributed by atoms with van der Waals surface area (Å²) in [5.74, 6) is 0.150. The Balaban J connectivity index is 2.69. The first kappa shape index (κ1) is 10.5. The van der Waals surface area contributed by atoms with Gasteiger partial charge >= 0.3 is 0 Å². The van der Waals surface area contributed by atoms with E-state index >= 15 is 0 Å². The number of amides is 1. The van der Waals surface area contributed by atoms with Gasteiger partial charge in [0.15, 0.2) is 0 Å². The largest absolute Gasteiger partial charge is 0.507 e. The normalized spacial score (nSPS) is 10.4. The smallest absolute Gasteiger partial charge is 0.221 e. The van der Waals surface area contributed by atoms with Crippen LogP contribution < -0.4 is 5.32 Å². The fourth-order valence-corrected chi connectivity index (χ4v) is 1.75. The van der Waals surface area contributed by atoms with Crippen LogP contribution in [0.5, 0.6) is 5.75 Å². The lowest BCUT2D eigenvalue weighted by atomic mass is 10.0. The number of nitrogens with one attached hydrogen (secondary N) is 1. The topological polar surface area (TPSA) is 49.3 Å². The van der Waals surface area contributed by atoms with Crippen LogP contribution in [0.3, 0.4) is 0 Å². The molecule has 2 aromatic carbocycles. The van der Waals surface area contributed by atoms with Crippen LogP contribution in [0.2, 0.25) is 0 Å². The van der Waals surface area contributed by atoms with E-state index in [-0.39, 0.29) is 11.7 Å². The molecule has 0 saturated carbocycles. The SMILES string of the molecule is CC(=O)Nc1cccc2c(O)c(C)ccc12. The molecule has 0 aliphatic heterocycles. The van der Waals surface area contributed by atoms with Crippen LogP contribution in [0, 0.1) is 6.92 Å². The number of carbonyl (C=O) groups is 1. The summed E-state index contributed by atoms with van der Waals surface area (Å²) in [6.07, 6.45) is 0. The summed E-state index contributed by atoms with van der Waals surface area (Å²) < 4.78 is 0. The molecule has 0 saturated heterocycles. The number of hydrogen-bond acceptors (Lipinski definition) is 2. The van der Waals surface area contributed by atoms with Crippen molar-refractivity contribution < 1.29 is 9.90 Å². The molecule has 0 aliphatic rings. The van der Waals surface area contributed by atoms with Gasteiger partial charge in [0.05, 0.1) is 0 Å². The molecule has 2 N–H and O–H groups in total. The van der Waals surface area contributed by atoms with E-state index in [0.29, 0.717) is 0 Å². The Morgan fingerprint density at radius 1 is 1.19 bits per heavy atom. The monoisotopic (exact) mass is 215 g/mol. The minimum atomic E-state index is -0.118. The number of phenolic OH excluding ortho intramolecular Hbond substituents is 1. The lowest BCUT2D eigenvalue weighted by molar-refractivity contribution is -0.114. The van der Waals surface area contributed by atoms with Crippen LogP contribution in [0.15, 0.2) is 30.3 Å². The fourth-order valence-electron chi connectivity index (χ4n) is 1.75. The Bertz CT molecular complexity index is 561. The Labute approximate surface area is 93.7 Å². The molecule has 0 aliphatic carbocycles. The van der Waals surface area contributed by atoms with Crippen molar-refractivity contribution in [2.45, 2.75) is 13.8 Å². The minimum Gasteiger partial charge on any atom is -0.507 e. The van der Waals surface area contributed by atoms with E-state index in [1.54, 1.807) is 0 Å². The van der Waals surface area contributed by atoms with E-state index in [9.17, 15) is 9.90 Å². The van der Waals surface area contributed by atoms with Gasteiger partial charge < -0.3 is 10.4 Å². The van der Waals surface area contributed by atoms with Gasteiger partial charge in [-0.15, -0.1) is 0 Å². The first-order valence-corrected chi connectivity index (χ1v) is 5.08. The molecular weight excluding hydrogens is 202 g/mol. The van der Waals surface area contributed by atoms with Crippen molar-refractivity contribution in [1.82, 2.24) is 0 Å². The molecule has 2 aromatic rings. The van der Waals surface area contributed by atoms with Gasteiger partial charge in [-0.05, 0) is 18.6 Å². The van der Waals surface area contributed by atoms with E-state index in [2.05, 4.69) is 5.32 Å². The van der Waals surface area contributed by atoms with Crippen LogP contribution in [0.4, 0.5) is 5.69 Å².